The van der Waals surface area contributed by atoms with Crippen LogP contribution in [0.2, 0.25) is 0 Å². The van der Waals surface area contributed by atoms with Crippen LogP contribution in [-0.4, -0.2) is 13.2 Å². The molecule has 2 heteroatoms. The van der Waals surface area contributed by atoms with Crippen molar-refractivity contribution in [2.45, 2.75) is 6.42 Å². The predicted octanol–water partition coefficient (Wildman–Crippen LogP) is 2.81. The fourth-order valence-corrected chi connectivity index (χ4v) is 1.29. The zero-order chi connectivity index (χ0) is 10.2. The molecule has 1 unspecified atom stereocenters. The maximum atomic E-state index is 5.13. The quantitative estimate of drug-likeness (QED) is 0.602. The Morgan fingerprint density at radius 2 is 2.14 bits per heavy atom. The van der Waals surface area contributed by atoms with E-state index in [0.717, 1.165) is 6.42 Å². The Morgan fingerprint density at radius 3 is 2.71 bits per heavy atom. The Hall–Kier alpha value is -1.44. The van der Waals surface area contributed by atoms with E-state index in [1.165, 1.54) is 18.1 Å². The minimum atomic E-state index is 0.459. The molecule has 1 rings (SSSR count). The smallest absolute Gasteiger partial charge is 0.112 e. The van der Waals surface area contributed by atoms with Gasteiger partial charge in [-0.2, -0.15) is 0 Å². The Bertz CT molecular complexity index is 251. The Balaban J connectivity index is 2.29. The lowest BCUT2D eigenvalue weighted by Gasteiger charge is -2.15. The van der Waals surface area contributed by atoms with Crippen molar-refractivity contribution in [2.75, 3.05) is 13.2 Å². The van der Waals surface area contributed by atoms with Gasteiger partial charge in [0.05, 0.1) is 19.1 Å². The van der Waals surface area contributed by atoms with Crippen LogP contribution in [0.3, 0.4) is 0 Å². The van der Waals surface area contributed by atoms with E-state index in [4.69, 9.17) is 9.47 Å². The van der Waals surface area contributed by atoms with Crippen molar-refractivity contribution in [1.82, 2.24) is 0 Å². The zero-order valence-electron chi connectivity index (χ0n) is 8.32. The monoisotopic (exact) mass is 192 g/mol. The number of ether oxygens (including phenoxy) is 2. The highest BCUT2D eigenvalue weighted by Crippen LogP contribution is 2.16. The van der Waals surface area contributed by atoms with E-state index in [-0.39, 0.29) is 0 Å². The van der Waals surface area contributed by atoms with Crippen molar-refractivity contribution in [3.8, 4) is 0 Å². The van der Waals surface area contributed by atoms with Crippen molar-refractivity contribution in [3.05, 3.63) is 49.5 Å². The summed E-state index contributed by atoms with van der Waals surface area (Å²) in [4.78, 5) is 0. The van der Waals surface area contributed by atoms with Crippen LogP contribution in [0.25, 0.3) is 0 Å². The molecule has 1 aliphatic carbocycles. The molecule has 0 radical (unpaired) electrons. The van der Waals surface area contributed by atoms with Gasteiger partial charge in [-0.25, -0.2) is 0 Å². The Labute approximate surface area is 85.2 Å². The highest BCUT2D eigenvalue weighted by Gasteiger charge is 2.08. The highest BCUT2D eigenvalue weighted by atomic mass is 16.5. The molecule has 0 N–H and O–H groups in total. The first-order chi connectivity index (χ1) is 6.86. The number of rotatable bonds is 6. The zero-order valence-corrected chi connectivity index (χ0v) is 8.32. The molecule has 0 spiro atoms. The van der Waals surface area contributed by atoms with Crippen LogP contribution < -0.4 is 0 Å². The normalized spacial score (nSPS) is 19.7. The average Bonchev–Trinajstić information content (AvgIpc) is 2.25. The fourth-order valence-electron chi connectivity index (χ4n) is 1.29. The third kappa shape index (κ3) is 3.52. The second kappa shape index (κ2) is 6.08. The third-order valence-corrected chi connectivity index (χ3v) is 2.06. The third-order valence-electron chi connectivity index (χ3n) is 2.06. The molecule has 1 atom stereocenters. The molecule has 0 saturated heterocycles. The summed E-state index contributed by atoms with van der Waals surface area (Å²) in [5.74, 6) is 0.459. The maximum Gasteiger partial charge on any atom is 0.112 e. The van der Waals surface area contributed by atoms with Crippen LogP contribution in [0.4, 0.5) is 0 Å². The van der Waals surface area contributed by atoms with E-state index in [2.05, 4.69) is 31.4 Å². The maximum absolute atomic E-state index is 5.13. The number of hydrogen-bond donors (Lipinski definition) is 0. The van der Waals surface area contributed by atoms with Gasteiger partial charge in [-0.1, -0.05) is 31.4 Å². The second-order valence-electron chi connectivity index (χ2n) is 3.11. The van der Waals surface area contributed by atoms with Crippen molar-refractivity contribution in [2.24, 2.45) is 5.92 Å². The summed E-state index contributed by atoms with van der Waals surface area (Å²) < 4.78 is 10.2. The molecule has 2 nitrogen and oxygen atoms in total. The molecule has 0 saturated carbocycles. The molecule has 0 bridgehead atoms. The fraction of sp³-hybridized carbons (Fsp3) is 0.333. The van der Waals surface area contributed by atoms with Crippen molar-refractivity contribution in [3.63, 3.8) is 0 Å². The highest BCUT2D eigenvalue weighted by molar-refractivity contribution is 5.24. The van der Waals surface area contributed by atoms with E-state index < -0.39 is 0 Å². The van der Waals surface area contributed by atoms with Gasteiger partial charge in [0.1, 0.15) is 6.61 Å². The molecule has 0 heterocycles. The molecule has 0 aromatic rings. The van der Waals surface area contributed by atoms with Gasteiger partial charge in [0, 0.05) is 5.92 Å². The van der Waals surface area contributed by atoms with Crippen LogP contribution in [-0.2, 0) is 9.47 Å². The van der Waals surface area contributed by atoms with Gasteiger partial charge in [0.2, 0.25) is 0 Å². The number of allylic oxidation sites excluding steroid dienone is 1. The van der Waals surface area contributed by atoms with Crippen molar-refractivity contribution >= 4 is 0 Å². The topological polar surface area (TPSA) is 18.5 Å². The SMILES string of the molecule is C=COCC1=CCC(COC=C)C=C1. The summed E-state index contributed by atoms with van der Waals surface area (Å²) in [6.45, 7) is 8.31. The summed E-state index contributed by atoms with van der Waals surface area (Å²) in [6, 6.07) is 0. The van der Waals surface area contributed by atoms with E-state index in [0.29, 0.717) is 19.1 Å². The summed E-state index contributed by atoms with van der Waals surface area (Å²) in [7, 11) is 0. The largest absolute Gasteiger partial charge is 0.501 e. The van der Waals surface area contributed by atoms with E-state index in [9.17, 15) is 0 Å². The molecule has 0 fully saturated rings. The van der Waals surface area contributed by atoms with Crippen LogP contribution in [0.1, 0.15) is 6.42 Å². The van der Waals surface area contributed by atoms with E-state index in [1.54, 1.807) is 0 Å². The van der Waals surface area contributed by atoms with E-state index in [1.807, 2.05) is 0 Å². The standard InChI is InChI=1S/C12H16O2/c1-3-13-9-11-5-7-12(8-6-11)10-14-4-2/h3-7,12H,1-2,8-10H2. The van der Waals surface area contributed by atoms with E-state index >= 15 is 0 Å². The minimum absolute atomic E-state index is 0.459. The summed E-state index contributed by atoms with van der Waals surface area (Å²) in [5, 5.41) is 0. The molecule has 76 valence electrons. The summed E-state index contributed by atoms with van der Waals surface area (Å²) in [6.07, 6.45) is 10.3. The first kappa shape index (κ1) is 10.6. The minimum Gasteiger partial charge on any atom is -0.501 e. The van der Waals surface area contributed by atoms with Crippen LogP contribution >= 0.6 is 0 Å². The predicted molar refractivity (Wildman–Crippen MR) is 57.6 cm³/mol. The van der Waals surface area contributed by atoms with Gasteiger partial charge in [-0.05, 0) is 12.0 Å². The lowest BCUT2D eigenvalue weighted by Crippen LogP contribution is -2.07. The van der Waals surface area contributed by atoms with Crippen molar-refractivity contribution in [1.29, 1.82) is 0 Å². The van der Waals surface area contributed by atoms with Gasteiger partial charge in [0.25, 0.3) is 0 Å². The first-order valence-corrected chi connectivity index (χ1v) is 4.69. The first-order valence-electron chi connectivity index (χ1n) is 4.69. The second-order valence-corrected chi connectivity index (χ2v) is 3.11. The van der Waals surface area contributed by atoms with Crippen LogP contribution in [0.5, 0.6) is 0 Å². The molecular weight excluding hydrogens is 176 g/mol. The molecule has 0 amide bonds. The molecule has 0 aliphatic heterocycles. The average molecular weight is 192 g/mol. The van der Waals surface area contributed by atoms with Gasteiger partial charge >= 0.3 is 0 Å². The molecule has 1 aliphatic rings. The lowest BCUT2D eigenvalue weighted by atomic mass is 9.98. The molecular formula is C12H16O2. The van der Waals surface area contributed by atoms with Crippen molar-refractivity contribution < 1.29 is 9.47 Å². The molecule has 0 aromatic heterocycles. The Kier molecular flexibility index (Phi) is 4.62. The van der Waals surface area contributed by atoms with Crippen LogP contribution in [0.15, 0.2) is 49.5 Å². The van der Waals surface area contributed by atoms with Gasteiger partial charge in [-0.3, -0.25) is 0 Å². The Morgan fingerprint density at radius 1 is 1.36 bits per heavy atom. The lowest BCUT2D eigenvalue weighted by molar-refractivity contribution is 0.216. The summed E-state index contributed by atoms with van der Waals surface area (Å²) >= 11 is 0. The molecule has 14 heavy (non-hydrogen) atoms. The van der Waals surface area contributed by atoms with Gasteiger partial charge in [0.15, 0.2) is 0 Å². The van der Waals surface area contributed by atoms with Gasteiger partial charge in [-0.15, -0.1) is 0 Å². The summed E-state index contributed by atoms with van der Waals surface area (Å²) in [5.41, 5.74) is 1.19. The van der Waals surface area contributed by atoms with Gasteiger partial charge < -0.3 is 9.47 Å². The number of hydrogen-bond acceptors (Lipinski definition) is 2. The van der Waals surface area contributed by atoms with Crippen LogP contribution in [0, 0.1) is 5.92 Å². The molecule has 0 aromatic carbocycles.